The molecule has 2 N–H and O–H groups in total. The van der Waals surface area contributed by atoms with E-state index in [4.69, 9.17) is 18.9 Å². The Morgan fingerprint density at radius 3 is 2.57 bits per heavy atom. The Morgan fingerprint density at radius 1 is 1.03 bits per heavy atom. The smallest absolute Gasteiger partial charge is 0.203 e. The second kappa shape index (κ2) is 9.69. The molecule has 0 aliphatic carbocycles. The van der Waals surface area contributed by atoms with Gasteiger partial charge in [-0.2, -0.15) is 0 Å². The van der Waals surface area contributed by atoms with E-state index in [9.17, 15) is 0 Å². The predicted molar refractivity (Wildman–Crippen MR) is 116 cm³/mol. The van der Waals surface area contributed by atoms with Gasteiger partial charge in [-0.05, 0) is 43.0 Å². The second-order valence-electron chi connectivity index (χ2n) is 8.10. The van der Waals surface area contributed by atoms with Crippen molar-refractivity contribution in [2.45, 2.75) is 37.9 Å². The molecule has 0 aromatic heterocycles. The van der Waals surface area contributed by atoms with Crippen LogP contribution in [0, 0.1) is 0 Å². The first kappa shape index (κ1) is 21.0. The predicted octanol–water partition coefficient (Wildman–Crippen LogP) is 3.46. The zero-order valence-electron chi connectivity index (χ0n) is 17.9. The van der Waals surface area contributed by atoms with Crippen LogP contribution in [0.4, 0.5) is 0 Å². The van der Waals surface area contributed by atoms with Gasteiger partial charge in [0.1, 0.15) is 13.2 Å². The lowest BCUT2D eigenvalue weighted by atomic mass is 9.88. The lowest BCUT2D eigenvalue weighted by Gasteiger charge is -2.41. The van der Waals surface area contributed by atoms with Gasteiger partial charge in [0, 0.05) is 37.9 Å². The van der Waals surface area contributed by atoms with Crippen LogP contribution in [-0.4, -0.2) is 45.6 Å². The van der Waals surface area contributed by atoms with E-state index in [1.54, 1.807) is 7.11 Å². The maximum absolute atomic E-state index is 5.76. The monoisotopic (exact) mass is 412 g/mol. The third kappa shape index (κ3) is 4.89. The Balaban J connectivity index is 1.42. The van der Waals surface area contributed by atoms with Gasteiger partial charge in [0.15, 0.2) is 11.5 Å². The minimum absolute atomic E-state index is 0.00537. The zero-order valence-corrected chi connectivity index (χ0v) is 17.9. The van der Waals surface area contributed by atoms with Gasteiger partial charge >= 0.3 is 0 Å². The summed E-state index contributed by atoms with van der Waals surface area (Å²) in [5.41, 5.74) is 2.43. The Labute approximate surface area is 178 Å². The van der Waals surface area contributed by atoms with Crippen LogP contribution >= 0.6 is 0 Å². The molecule has 2 aliphatic rings. The fourth-order valence-corrected chi connectivity index (χ4v) is 4.29. The highest BCUT2D eigenvalue weighted by atomic mass is 16.6. The standard InChI is InChI=1S/C24H32N2O4/c1-18(20-6-4-3-5-7-20)26-24(8-10-28-11-9-24)17-25-16-19-14-21(27-2)23-22(15-19)29-12-13-30-23/h3-7,14-15,18,25-26H,8-13,16-17H2,1-2H3/t18-/m0/s1. The van der Waals surface area contributed by atoms with Crippen molar-refractivity contribution in [3.8, 4) is 17.2 Å². The molecule has 2 aromatic rings. The van der Waals surface area contributed by atoms with Crippen molar-refractivity contribution in [3.63, 3.8) is 0 Å². The van der Waals surface area contributed by atoms with Gasteiger partial charge in [-0.3, -0.25) is 0 Å². The fourth-order valence-electron chi connectivity index (χ4n) is 4.29. The molecule has 162 valence electrons. The molecule has 2 aromatic carbocycles. The van der Waals surface area contributed by atoms with Crippen LogP contribution in [0.2, 0.25) is 0 Å². The molecule has 0 amide bonds. The Kier molecular flexibility index (Phi) is 6.77. The average molecular weight is 413 g/mol. The summed E-state index contributed by atoms with van der Waals surface area (Å²) in [5, 5.41) is 7.55. The summed E-state index contributed by atoms with van der Waals surface area (Å²) in [7, 11) is 1.66. The molecule has 1 atom stereocenters. The molecule has 0 radical (unpaired) electrons. The van der Waals surface area contributed by atoms with Crippen LogP contribution in [0.1, 0.15) is 36.9 Å². The summed E-state index contributed by atoms with van der Waals surface area (Å²) in [6.07, 6.45) is 1.98. The molecular weight excluding hydrogens is 380 g/mol. The van der Waals surface area contributed by atoms with E-state index in [1.165, 1.54) is 5.56 Å². The quantitative estimate of drug-likeness (QED) is 0.693. The zero-order chi connectivity index (χ0) is 20.8. The number of hydrogen-bond donors (Lipinski definition) is 2. The third-order valence-corrected chi connectivity index (χ3v) is 5.95. The third-order valence-electron chi connectivity index (χ3n) is 5.95. The molecule has 0 bridgehead atoms. The average Bonchev–Trinajstić information content (AvgIpc) is 2.79. The minimum atomic E-state index is 0.00537. The van der Waals surface area contributed by atoms with Gasteiger partial charge < -0.3 is 29.6 Å². The first-order valence-electron chi connectivity index (χ1n) is 10.8. The molecule has 0 saturated carbocycles. The minimum Gasteiger partial charge on any atom is -0.493 e. The van der Waals surface area contributed by atoms with Gasteiger partial charge in [0.2, 0.25) is 5.75 Å². The van der Waals surface area contributed by atoms with Gasteiger partial charge in [0.25, 0.3) is 0 Å². The van der Waals surface area contributed by atoms with Crippen LogP contribution in [0.25, 0.3) is 0 Å². The number of fused-ring (bicyclic) bond motifs is 1. The van der Waals surface area contributed by atoms with Crippen molar-refractivity contribution in [3.05, 3.63) is 53.6 Å². The van der Waals surface area contributed by atoms with Crippen molar-refractivity contribution in [2.24, 2.45) is 0 Å². The summed E-state index contributed by atoms with van der Waals surface area (Å²) in [6, 6.07) is 15.0. The van der Waals surface area contributed by atoms with Gasteiger partial charge in [-0.15, -0.1) is 0 Å². The number of nitrogens with one attached hydrogen (secondary N) is 2. The molecule has 4 rings (SSSR count). The SMILES string of the molecule is COc1cc(CNCC2(N[C@@H](C)c3ccccc3)CCOCC2)cc2c1OCCO2. The van der Waals surface area contributed by atoms with Gasteiger partial charge in [-0.1, -0.05) is 30.3 Å². The van der Waals surface area contributed by atoms with E-state index >= 15 is 0 Å². The van der Waals surface area contributed by atoms with E-state index < -0.39 is 0 Å². The first-order chi connectivity index (χ1) is 14.7. The van der Waals surface area contributed by atoms with Crippen LogP contribution in [0.15, 0.2) is 42.5 Å². The Hall–Kier alpha value is -2.28. The highest BCUT2D eigenvalue weighted by Gasteiger charge is 2.33. The molecule has 1 saturated heterocycles. The molecule has 2 heterocycles. The van der Waals surface area contributed by atoms with Gasteiger partial charge in [-0.25, -0.2) is 0 Å². The summed E-state index contributed by atoms with van der Waals surface area (Å²) < 4.78 is 22.6. The van der Waals surface area contributed by atoms with E-state index in [0.717, 1.165) is 56.2 Å². The second-order valence-corrected chi connectivity index (χ2v) is 8.10. The number of ether oxygens (including phenoxy) is 4. The normalized spacial score (nSPS) is 18.6. The van der Waals surface area contributed by atoms with Crippen molar-refractivity contribution in [2.75, 3.05) is 40.1 Å². The van der Waals surface area contributed by atoms with Crippen LogP contribution < -0.4 is 24.8 Å². The lowest BCUT2D eigenvalue weighted by Crippen LogP contribution is -2.56. The highest BCUT2D eigenvalue weighted by Crippen LogP contribution is 2.40. The molecule has 30 heavy (non-hydrogen) atoms. The molecule has 0 spiro atoms. The number of methoxy groups -OCH3 is 1. The Bertz CT molecular complexity index is 804. The van der Waals surface area contributed by atoms with Gasteiger partial charge in [0.05, 0.1) is 7.11 Å². The highest BCUT2D eigenvalue weighted by molar-refractivity contribution is 5.54. The molecule has 1 fully saturated rings. The number of rotatable bonds is 8. The first-order valence-corrected chi connectivity index (χ1v) is 10.8. The van der Waals surface area contributed by atoms with Crippen molar-refractivity contribution < 1.29 is 18.9 Å². The fraction of sp³-hybridized carbons (Fsp3) is 0.500. The van der Waals surface area contributed by atoms with Crippen molar-refractivity contribution >= 4 is 0 Å². The summed E-state index contributed by atoms with van der Waals surface area (Å²) in [4.78, 5) is 0. The van der Waals surface area contributed by atoms with Crippen LogP contribution in [-0.2, 0) is 11.3 Å². The number of hydrogen-bond acceptors (Lipinski definition) is 6. The molecular formula is C24H32N2O4. The molecule has 0 unspecified atom stereocenters. The summed E-state index contributed by atoms with van der Waals surface area (Å²) in [6.45, 7) is 6.52. The van der Waals surface area contributed by atoms with Crippen LogP contribution in [0.5, 0.6) is 17.2 Å². The molecule has 6 heteroatoms. The summed E-state index contributed by atoms with van der Waals surface area (Å²) >= 11 is 0. The van der Waals surface area contributed by atoms with Crippen LogP contribution in [0.3, 0.4) is 0 Å². The lowest BCUT2D eigenvalue weighted by molar-refractivity contribution is 0.0337. The number of benzene rings is 2. The summed E-state index contributed by atoms with van der Waals surface area (Å²) in [5.74, 6) is 2.18. The largest absolute Gasteiger partial charge is 0.493 e. The van der Waals surface area contributed by atoms with Crippen molar-refractivity contribution in [1.29, 1.82) is 0 Å². The van der Waals surface area contributed by atoms with E-state index in [2.05, 4.69) is 47.9 Å². The van der Waals surface area contributed by atoms with Crippen molar-refractivity contribution in [1.82, 2.24) is 10.6 Å². The molecule has 2 aliphatic heterocycles. The topological polar surface area (TPSA) is 61.0 Å². The van der Waals surface area contributed by atoms with E-state index in [0.29, 0.717) is 19.0 Å². The maximum atomic E-state index is 5.76. The van der Waals surface area contributed by atoms with E-state index in [-0.39, 0.29) is 11.6 Å². The van der Waals surface area contributed by atoms with E-state index in [1.807, 2.05) is 12.1 Å². The Morgan fingerprint density at radius 2 is 1.80 bits per heavy atom. The maximum Gasteiger partial charge on any atom is 0.203 e. The molecule has 6 nitrogen and oxygen atoms in total.